The van der Waals surface area contributed by atoms with Crippen LogP contribution >= 0.6 is 11.6 Å². The second kappa shape index (κ2) is 7.10. The van der Waals surface area contributed by atoms with E-state index in [-0.39, 0.29) is 23.0 Å². The average molecular weight is 422 g/mol. The molecule has 0 bridgehead atoms. The number of anilines is 1. The molecule has 132 valence electrons. The predicted molar refractivity (Wildman–Crippen MR) is 97.7 cm³/mol. The lowest BCUT2D eigenvalue weighted by Gasteiger charge is -2.31. The minimum atomic E-state index is -1.01. The fraction of sp³-hybridized carbons (Fsp3) is 0.350. The van der Waals surface area contributed by atoms with Crippen LogP contribution in [-0.4, -0.2) is 28.1 Å². The highest BCUT2D eigenvalue weighted by Gasteiger charge is 2.60. The second-order valence-electron chi connectivity index (χ2n) is 6.53. The third-order valence-corrected chi connectivity index (χ3v) is 5.50. The van der Waals surface area contributed by atoms with Crippen molar-refractivity contribution in [1.82, 2.24) is 0 Å². The van der Waals surface area contributed by atoms with E-state index in [1.165, 1.54) is 5.84 Å². The molecule has 5 heteroatoms. The first-order valence-corrected chi connectivity index (χ1v) is 9.00. The fourth-order valence-corrected chi connectivity index (χ4v) is 4.37. The second-order valence-corrected chi connectivity index (χ2v) is 6.97. The summed E-state index contributed by atoms with van der Waals surface area (Å²) in [5.74, 6) is 1.23. The Bertz CT molecular complexity index is 778. The molecule has 2 atom stereocenters. The third-order valence-electron chi connectivity index (χ3n) is 5.25. The summed E-state index contributed by atoms with van der Waals surface area (Å²) in [6.07, 6.45) is 2.93. The number of nitrogens with zero attached hydrogens (tertiary/aromatic N) is 2. The maximum absolute atomic E-state index is 11.8. The van der Waals surface area contributed by atoms with E-state index in [0.717, 1.165) is 37.1 Å². The number of para-hydroxylation sites is 1. The number of halogens is 2. The van der Waals surface area contributed by atoms with Crippen molar-refractivity contribution in [2.45, 2.75) is 38.0 Å². The first kappa shape index (κ1) is 18.4. The van der Waals surface area contributed by atoms with Crippen LogP contribution in [0.25, 0.3) is 0 Å². The molecule has 0 saturated heterocycles. The van der Waals surface area contributed by atoms with Crippen molar-refractivity contribution in [2.24, 2.45) is 0 Å². The zero-order valence-electron chi connectivity index (χ0n) is 14.2. The lowest BCUT2D eigenvalue weighted by molar-refractivity contribution is -0.658. The molecular weight excluding hydrogens is 400 g/mol. The molecule has 0 radical (unpaired) electrons. The highest BCUT2D eigenvalue weighted by atomic mass is 79.9. The molecule has 4 rings (SSSR count). The molecule has 2 unspecified atom stereocenters. The standard InChI is InChI=1S/C20H22ClN2O.BrH/c1-2-18-20(24,15-10-12-16(21)13-11-15)22-14-6-9-19(22)23(18)17-7-4-3-5-8-17;/h3-5,7-8,10-13,18,24H,2,6,9,14H2,1H3;1H/q+1;/p-1. The Balaban J connectivity index is 0.00000182. The molecule has 0 saturated carbocycles. The molecule has 2 aromatic carbocycles. The Morgan fingerprint density at radius 3 is 2.48 bits per heavy atom. The van der Waals surface area contributed by atoms with Gasteiger partial charge in [-0.05, 0) is 37.1 Å². The third kappa shape index (κ3) is 2.80. The van der Waals surface area contributed by atoms with Crippen LogP contribution in [-0.2, 0) is 5.72 Å². The summed E-state index contributed by atoms with van der Waals surface area (Å²) in [5.41, 5.74) is 1.05. The van der Waals surface area contributed by atoms with Gasteiger partial charge in [0.2, 0.25) is 0 Å². The largest absolute Gasteiger partial charge is 1.00 e. The Labute approximate surface area is 164 Å². The van der Waals surface area contributed by atoms with Crippen LogP contribution in [0.3, 0.4) is 0 Å². The van der Waals surface area contributed by atoms with E-state index >= 15 is 0 Å². The summed E-state index contributed by atoms with van der Waals surface area (Å²) in [6, 6.07) is 18.0. The summed E-state index contributed by atoms with van der Waals surface area (Å²) in [6.45, 7) is 3.03. The summed E-state index contributed by atoms with van der Waals surface area (Å²) in [5, 5.41) is 12.5. The van der Waals surface area contributed by atoms with Crippen molar-refractivity contribution in [3.05, 3.63) is 65.2 Å². The Hall–Kier alpha value is -1.36. The quantitative estimate of drug-likeness (QED) is 0.748. The van der Waals surface area contributed by atoms with Gasteiger partial charge in [-0.25, -0.2) is 9.48 Å². The van der Waals surface area contributed by atoms with Gasteiger partial charge < -0.3 is 22.1 Å². The lowest BCUT2D eigenvalue weighted by Crippen LogP contribution is -3.00. The lowest BCUT2D eigenvalue weighted by atomic mass is 9.92. The van der Waals surface area contributed by atoms with Crippen LogP contribution in [0.2, 0.25) is 5.02 Å². The van der Waals surface area contributed by atoms with Gasteiger partial charge in [-0.3, -0.25) is 0 Å². The minimum absolute atomic E-state index is 0. The molecule has 0 aromatic heterocycles. The van der Waals surface area contributed by atoms with Crippen molar-refractivity contribution in [3.8, 4) is 0 Å². The molecule has 3 nitrogen and oxygen atoms in total. The number of hydrogen-bond donors (Lipinski definition) is 1. The monoisotopic (exact) mass is 420 g/mol. The molecule has 2 aliphatic rings. The van der Waals surface area contributed by atoms with Crippen LogP contribution in [0.4, 0.5) is 5.69 Å². The molecule has 2 aromatic rings. The van der Waals surface area contributed by atoms with Gasteiger partial charge in [0, 0.05) is 10.6 Å². The smallest absolute Gasteiger partial charge is 0.273 e. The molecule has 2 aliphatic heterocycles. The number of hydrogen-bond acceptors (Lipinski definition) is 2. The fourth-order valence-electron chi connectivity index (χ4n) is 4.24. The topological polar surface area (TPSA) is 26.5 Å². The first-order valence-electron chi connectivity index (χ1n) is 8.62. The molecule has 0 fully saturated rings. The van der Waals surface area contributed by atoms with Gasteiger partial charge in [0.15, 0.2) is 6.04 Å². The van der Waals surface area contributed by atoms with E-state index in [4.69, 9.17) is 11.6 Å². The van der Waals surface area contributed by atoms with Crippen molar-refractivity contribution in [3.63, 3.8) is 0 Å². The first-order chi connectivity index (χ1) is 11.7. The summed E-state index contributed by atoms with van der Waals surface area (Å²) < 4.78 is 2.19. The van der Waals surface area contributed by atoms with Gasteiger partial charge in [-0.1, -0.05) is 48.9 Å². The maximum atomic E-state index is 11.8. The zero-order valence-corrected chi connectivity index (χ0v) is 16.5. The Morgan fingerprint density at radius 1 is 1.16 bits per heavy atom. The maximum Gasteiger partial charge on any atom is 0.273 e. The number of benzene rings is 2. The highest BCUT2D eigenvalue weighted by molar-refractivity contribution is 6.30. The number of rotatable bonds is 3. The molecule has 0 amide bonds. The molecule has 0 aliphatic carbocycles. The molecule has 25 heavy (non-hydrogen) atoms. The van der Waals surface area contributed by atoms with Crippen LogP contribution in [0.1, 0.15) is 31.7 Å². The molecule has 0 spiro atoms. The van der Waals surface area contributed by atoms with Gasteiger partial charge in [0.1, 0.15) is 5.69 Å². The Kier molecular flexibility index (Phi) is 5.24. The van der Waals surface area contributed by atoms with Crippen molar-refractivity contribution >= 4 is 23.1 Å². The van der Waals surface area contributed by atoms with Crippen molar-refractivity contribution in [1.29, 1.82) is 0 Å². The predicted octanol–water partition coefficient (Wildman–Crippen LogP) is 0.993. The molecule has 1 N–H and O–H groups in total. The van der Waals surface area contributed by atoms with Crippen LogP contribution in [0.15, 0.2) is 54.6 Å². The molecular formula is C20H22BrClN2O. The van der Waals surface area contributed by atoms with Crippen LogP contribution in [0, 0.1) is 0 Å². The SMILES string of the molecule is CCC1N(c2ccccc2)C2=[N+](CCC2)C1(O)c1ccc(Cl)cc1.[Br-]. The van der Waals surface area contributed by atoms with E-state index < -0.39 is 5.72 Å². The van der Waals surface area contributed by atoms with Gasteiger partial charge >= 0.3 is 0 Å². The van der Waals surface area contributed by atoms with Gasteiger partial charge in [-0.15, -0.1) is 0 Å². The number of aliphatic hydroxyl groups is 1. The molecule has 2 heterocycles. The zero-order chi connectivity index (χ0) is 16.7. The van der Waals surface area contributed by atoms with E-state index in [2.05, 4.69) is 40.7 Å². The van der Waals surface area contributed by atoms with Gasteiger partial charge in [0.05, 0.1) is 13.0 Å². The van der Waals surface area contributed by atoms with E-state index in [0.29, 0.717) is 5.02 Å². The summed E-state index contributed by atoms with van der Waals surface area (Å²) in [4.78, 5) is 2.33. The summed E-state index contributed by atoms with van der Waals surface area (Å²) in [7, 11) is 0. The van der Waals surface area contributed by atoms with E-state index in [1.54, 1.807) is 0 Å². The highest BCUT2D eigenvalue weighted by Crippen LogP contribution is 2.42. The van der Waals surface area contributed by atoms with Crippen LogP contribution < -0.4 is 21.9 Å². The Morgan fingerprint density at radius 2 is 1.84 bits per heavy atom. The van der Waals surface area contributed by atoms with Crippen LogP contribution in [0.5, 0.6) is 0 Å². The average Bonchev–Trinajstić information content (AvgIpc) is 3.17. The van der Waals surface area contributed by atoms with Crippen molar-refractivity contribution < 1.29 is 26.7 Å². The number of amidine groups is 1. The van der Waals surface area contributed by atoms with Gasteiger partial charge in [0.25, 0.3) is 11.6 Å². The summed E-state index contributed by atoms with van der Waals surface area (Å²) >= 11 is 6.06. The van der Waals surface area contributed by atoms with E-state index in [1.807, 2.05) is 30.3 Å². The normalized spacial score (nSPS) is 25.1. The van der Waals surface area contributed by atoms with Crippen molar-refractivity contribution in [2.75, 3.05) is 11.4 Å². The minimum Gasteiger partial charge on any atom is -1.00 e. The van der Waals surface area contributed by atoms with Gasteiger partial charge in [-0.2, -0.15) is 0 Å². The van der Waals surface area contributed by atoms with E-state index in [9.17, 15) is 5.11 Å².